The molecule has 31 heavy (non-hydrogen) atoms. The summed E-state index contributed by atoms with van der Waals surface area (Å²) in [5.74, 6) is -1.04. The van der Waals surface area contributed by atoms with Gasteiger partial charge in [0.1, 0.15) is 12.1 Å². The Hall–Kier alpha value is -2.12. The zero-order chi connectivity index (χ0) is 22.8. The number of carbonyl (C=O) groups is 4. The molecule has 2 saturated carbocycles. The van der Waals surface area contributed by atoms with E-state index >= 15 is 0 Å². The summed E-state index contributed by atoms with van der Waals surface area (Å²) in [5.41, 5.74) is -1.03. The van der Waals surface area contributed by atoms with E-state index in [1.807, 2.05) is 6.92 Å². The molecule has 3 fully saturated rings. The highest BCUT2D eigenvalue weighted by atomic mass is 16.5. The van der Waals surface area contributed by atoms with Crippen LogP contribution in [0, 0.1) is 11.3 Å². The summed E-state index contributed by atoms with van der Waals surface area (Å²) in [6, 6.07) is -0.358. The molecule has 0 bridgehead atoms. The predicted molar refractivity (Wildman–Crippen MR) is 115 cm³/mol. The third-order valence-corrected chi connectivity index (χ3v) is 6.94. The topological polar surface area (TPSA) is 96.0 Å². The van der Waals surface area contributed by atoms with Crippen LogP contribution in [0.5, 0.6) is 0 Å². The van der Waals surface area contributed by atoms with Crippen LogP contribution in [-0.2, 0) is 19.1 Å². The molecule has 2 aliphatic carbocycles. The van der Waals surface area contributed by atoms with Crippen molar-refractivity contribution in [2.75, 3.05) is 19.7 Å². The molecule has 2 atom stereocenters. The number of hydrogen-bond acceptors (Lipinski definition) is 5. The molecule has 8 nitrogen and oxygen atoms in total. The Morgan fingerprint density at radius 1 is 1.16 bits per heavy atom. The standard InChI is InChI=1S/C23H37N3O5/c1-5-25(17-9-7-6-8-10-17)18(27)14-31-19(28)13-26-20(29)23(24-21(26)30)12-16(2)11-22(3,4)15-23/h16-17H,5-15H2,1-4H3,(H,24,30)/t16-,23-/m0/s1. The number of ether oxygens (including phenoxy) is 1. The van der Waals surface area contributed by atoms with Crippen LogP contribution in [0.15, 0.2) is 0 Å². The second-order valence-electron chi connectivity index (χ2n) is 10.4. The molecule has 1 spiro atoms. The number of rotatable bonds is 6. The van der Waals surface area contributed by atoms with Gasteiger partial charge in [-0.2, -0.15) is 0 Å². The zero-order valence-corrected chi connectivity index (χ0v) is 19.4. The second-order valence-corrected chi connectivity index (χ2v) is 10.4. The summed E-state index contributed by atoms with van der Waals surface area (Å²) in [5, 5.41) is 2.85. The number of carbonyl (C=O) groups excluding carboxylic acids is 4. The minimum Gasteiger partial charge on any atom is -0.454 e. The quantitative estimate of drug-likeness (QED) is 0.511. The first kappa shape index (κ1) is 23.5. The fraction of sp³-hybridized carbons (Fsp3) is 0.826. The molecule has 0 aromatic rings. The van der Waals surface area contributed by atoms with E-state index in [0.717, 1.165) is 37.0 Å². The van der Waals surface area contributed by atoms with Crippen LogP contribution in [0.3, 0.4) is 0 Å². The maximum Gasteiger partial charge on any atom is 0.326 e. The summed E-state index contributed by atoms with van der Waals surface area (Å²) in [7, 11) is 0. The van der Waals surface area contributed by atoms with E-state index in [4.69, 9.17) is 4.74 Å². The molecular formula is C23H37N3O5. The van der Waals surface area contributed by atoms with E-state index in [1.165, 1.54) is 6.42 Å². The second kappa shape index (κ2) is 9.17. The lowest BCUT2D eigenvalue weighted by Crippen LogP contribution is -2.54. The Balaban J connectivity index is 1.56. The van der Waals surface area contributed by atoms with Crippen LogP contribution < -0.4 is 5.32 Å². The molecule has 174 valence electrons. The van der Waals surface area contributed by atoms with E-state index in [-0.39, 0.29) is 35.8 Å². The predicted octanol–water partition coefficient (Wildman–Crippen LogP) is 2.85. The number of likely N-dealkylation sites (N-methyl/N-ethyl adjacent to an activating group) is 1. The van der Waals surface area contributed by atoms with Crippen molar-refractivity contribution in [2.24, 2.45) is 11.3 Å². The first-order valence-corrected chi connectivity index (χ1v) is 11.7. The lowest BCUT2D eigenvalue weighted by atomic mass is 9.64. The molecule has 8 heteroatoms. The summed E-state index contributed by atoms with van der Waals surface area (Å²) >= 11 is 0. The van der Waals surface area contributed by atoms with Crippen LogP contribution in [0.2, 0.25) is 0 Å². The Morgan fingerprint density at radius 3 is 2.45 bits per heavy atom. The van der Waals surface area contributed by atoms with E-state index in [0.29, 0.717) is 19.4 Å². The molecule has 4 amide bonds. The Bertz CT molecular complexity index is 731. The first-order valence-electron chi connectivity index (χ1n) is 11.7. The third-order valence-electron chi connectivity index (χ3n) is 6.94. The van der Waals surface area contributed by atoms with Gasteiger partial charge in [0.05, 0.1) is 0 Å². The van der Waals surface area contributed by atoms with Crippen molar-refractivity contribution < 1.29 is 23.9 Å². The van der Waals surface area contributed by atoms with Gasteiger partial charge in [0.15, 0.2) is 6.61 Å². The number of urea groups is 1. The largest absolute Gasteiger partial charge is 0.454 e. The highest BCUT2D eigenvalue weighted by Gasteiger charge is 2.56. The molecule has 1 aliphatic heterocycles. The van der Waals surface area contributed by atoms with Crippen molar-refractivity contribution in [3.05, 3.63) is 0 Å². The van der Waals surface area contributed by atoms with Gasteiger partial charge in [-0.25, -0.2) is 4.79 Å². The molecule has 1 heterocycles. The average Bonchev–Trinajstić information content (AvgIpc) is 2.89. The molecule has 0 radical (unpaired) electrons. The van der Waals surface area contributed by atoms with Crippen LogP contribution in [0.4, 0.5) is 4.79 Å². The van der Waals surface area contributed by atoms with Gasteiger partial charge < -0.3 is 15.0 Å². The average molecular weight is 436 g/mol. The van der Waals surface area contributed by atoms with E-state index in [2.05, 4.69) is 26.1 Å². The monoisotopic (exact) mass is 435 g/mol. The number of esters is 1. The van der Waals surface area contributed by atoms with Crippen molar-refractivity contribution in [3.8, 4) is 0 Å². The smallest absolute Gasteiger partial charge is 0.326 e. The molecule has 0 aromatic carbocycles. The number of nitrogens with one attached hydrogen (secondary N) is 1. The van der Waals surface area contributed by atoms with Crippen LogP contribution in [-0.4, -0.2) is 64.9 Å². The summed E-state index contributed by atoms with van der Waals surface area (Å²) in [6.45, 7) is 7.94. The van der Waals surface area contributed by atoms with Gasteiger partial charge in [-0.15, -0.1) is 0 Å². The van der Waals surface area contributed by atoms with Crippen molar-refractivity contribution >= 4 is 23.8 Å². The van der Waals surface area contributed by atoms with E-state index < -0.39 is 24.1 Å². The van der Waals surface area contributed by atoms with Crippen molar-refractivity contribution in [2.45, 2.75) is 90.6 Å². The Morgan fingerprint density at radius 2 is 1.84 bits per heavy atom. The number of imide groups is 1. The Labute approximate surface area is 185 Å². The minimum absolute atomic E-state index is 0.0771. The van der Waals surface area contributed by atoms with Crippen LogP contribution >= 0.6 is 0 Å². The molecule has 1 saturated heterocycles. The summed E-state index contributed by atoms with van der Waals surface area (Å²) in [4.78, 5) is 53.3. The zero-order valence-electron chi connectivity index (χ0n) is 19.4. The minimum atomic E-state index is -0.950. The Kier molecular flexibility index (Phi) is 6.96. The van der Waals surface area contributed by atoms with Crippen molar-refractivity contribution in [1.82, 2.24) is 15.1 Å². The normalized spacial score (nSPS) is 28.5. The molecule has 1 N–H and O–H groups in total. The highest BCUT2D eigenvalue weighted by Crippen LogP contribution is 2.46. The van der Waals surface area contributed by atoms with Gasteiger partial charge in [-0.3, -0.25) is 19.3 Å². The van der Waals surface area contributed by atoms with Gasteiger partial charge in [0.25, 0.3) is 11.8 Å². The fourth-order valence-electron chi connectivity index (χ4n) is 6.08. The lowest BCUT2D eigenvalue weighted by Gasteiger charge is -2.43. The lowest BCUT2D eigenvalue weighted by molar-refractivity contribution is -0.155. The maximum absolute atomic E-state index is 13.1. The van der Waals surface area contributed by atoms with Crippen LogP contribution in [0.25, 0.3) is 0 Å². The van der Waals surface area contributed by atoms with Gasteiger partial charge in [-0.05, 0) is 50.4 Å². The molecular weight excluding hydrogens is 398 g/mol. The van der Waals surface area contributed by atoms with Crippen LogP contribution in [0.1, 0.15) is 79.1 Å². The summed E-state index contributed by atoms with van der Waals surface area (Å²) in [6.07, 6.45) is 7.47. The van der Waals surface area contributed by atoms with Gasteiger partial charge >= 0.3 is 12.0 Å². The van der Waals surface area contributed by atoms with Gasteiger partial charge in [0.2, 0.25) is 0 Å². The van der Waals surface area contributed by atoms with E-state index in [1.54, 1.807) is 4.90 Å². The molecule has 0 unspecified atom stereocenters. The molecule has 3 aliphatic rings. The number of hydrogen-bond donors (Lipinski definition) is 1. The van der Waals surface area contributed by atoms with E-state index in [9.17, 15) is 19.2 Å². The van der Waals surface area contributed by atoms with Crippen molar-refractivity contribution in [3.63, 3.8) is 0 Å². The van der Waals surface area contributed by atoms with Gasteiger partial charge in [-0.1, -0.05) is 40.0 Å². The number of nitrogens with zero attached hydrogens (tertiary/aromatic N) is 2. The SMILES string of the molecule is CCN(C(=O)COC(=O)CN1C(=O)N[C@]2(C[C@@H](C)CC(C)(C)C2)C1=O)C1CCCCC1. The number of amides is 4. The maximum atomic E-state index is 13.1. The van der Waals surface area contributed by atoms with Gasteiger partial charge in [0, 0.05) is 12.6 Å². The molecule has 3 rings (SSSR count). The first-order chi connectivity index (χ1) is 14.6. The summed E-state index contributed by atoms with van der Waals surface area (Å²) < 4.78 is 5.17. The molecule has 0 aromatic heterocycles. The third kappa shape index (κ3) is 5.21. The van der Waals surface area contributed by atoms with Crippen molar-refractivity contribution in [1.29, 1.82) is 0 Å². The fourth-order valence-corrected chi connectivity index (χ4v) is 6.08. The highest BCUT2D eigenvalue weighted by molar-refractivity contribution is 6.08.